The van der Waals surface area contributed by atoms with Crippen molar-refractivity contribution in [2.24, 2.45) is 0 Å². The molecule has 0 radical (unpaired) electrons. The molecule has 2 rings (SSSR count). The molecule has 0 unspecified atom stereocenters. The first-order valence-corrected chi connectivity index (χ1v) is 9.10. The number of aryl methyl sites for hydroxylation is 1. The number of ether oxygens (including phenoxy) is 3. The molecule has 0 aliphatic carbocycles. The van der Waals surface area contributed by atoms with Gasteiger partial charge in [0.25, 0.3) is 5.91 Å². The van der Waals surface area contributed by atoms with Crippen molar-refractivity contribution in [2.45, 2.75) is 39.8 Å². The number of nitrogens with zero attached hydrogens (tertiary/aromatic N) is 1. The number of likely N-dealkylation sites (N-methyl/N-ethyl adjacent to an activating group) is 1. The van der Waals surface area contributed by atoms with E-state index < -0.39 is 6.10 Å². The summed E-state index contributed by atoms with van der Waals surface area (Å²) in [5.74, 6) is 2.03. The number of rotatable bonds is 8. The van der Waals surface area contributed by atoms with Crippen LogP contribution in [0.2, 0.25) is 0 Å². The van der Waals surface area contributed by atoms with Crippen LogP contribution in [-0.4, -0.2) is 38.2 Å². The van der Waals surface area contributed by atoms with Crippen molar-refractivity contribution in [1.29, 1.82) is 0 Å². The maximum atomic E-state index is 12.9. The molecule has 0 fully saturated rings. The fourth-order valence-electron chi connectivity index (χ4n) is 2.89. The Bertz CT molecular complexity index is 788. The first-order chi connectivity index (χ1) is 12.9. The zero-order valence-electron chi connectivity index (χ0n) is 17.0. The normalized spacial score (nSPS) is 11.6. The van der Waals surface area contributed by atoms with Gasteiger partial charge in [-0.1, -0.05) is 25.1 Å². The second-order valence-corrected chi connectivity index (χ2v) is 6.60. The van der Waals surface area contributed by atoms with Gasteiger partial charge >= 0.3 is 0 Å². The van der Waals surface area contributed by atoms with Crippen LogP contribution in [0.3, 0.4) is 0 Å². The molecule has 2 aromatic carbocycles. The van der Waals surface area contributed by atoms with Gasteiger partial charge in [-0.25, -0.2) is 0 Å². The molecule has 27 heavy (non-hydrogen) atoms. The van der Waals surface area contributed by atoms with E-state index in [1.807, 2.05) is 57.2 Å². The molecule has 5 nitrogen and oxygen atoms in total. The van der Waals surface area contributed by atoms with Crippen LogP contribution in [0.25, 0.3) is 0 Å². The Morgan fingerprint density at radius 1 is 1.04 bits per heavy atom. The monoisotopic (exact) mass is 371 g/mol. The summed E-state index contributed by atoms with van der Waals surface area (Å²) in [5.41, 5.74) is 3.17. The molecule has 1 atom stereocenters. The van der Waals surface area contributed by atoms with Gasteiger partial charge < -0.3 is 19.1 Å². The topological polar surface area (TPSA) is 48.0 Å². The van der Waals surface area contributed by atoms with Gasteiger partial charge in [-0.2, -0.15) is 0 Å². The molecule has 0 saturated heterocycles. The van der Waals surface area contributed by atoms with E-state index in [0.29, 0.717) is 24.5 Å². The molecule has 0 aromatic heterocycles. The van der Waals surface area contributed by atoms with Crippen molar-refractivity contribution < 1.29 is 19.0 Å². The highest BCUT2D eigenvalue weighted by molar-refractivity contribution is 5.81. The molecule has 146 valence electrons. The first-order valence-electron chi connectivity index (χ1n) is 9.10. The van der Waals surface area contributed by atoms with Crippen LogP contribution in [0.5, 0.6) is 17.2 Å². The molecule has 0 bridgehead atoms. The zero-order valence-corrected chi connectivity index (χ0v) is 17.0. The largest absolute Gasteiger partial charge is 0.493 e. The Balaban J connectivity index is 2.11. The quantitative estimate of drug-likeness (QED) is 0.700. The summed E-state index contributed by atoms with van der Waals surface area (Å²) in [5, 5.41) is 0. The number of methoxy groups -OCH3 is 2. The van der Waals surface area contributed by atoms with Crippen LogP contribution in [0.15, 0.2) is 36.4 Å². The molecular formula is C22H29NO4. The van der Waals surface area contributed by atoms with Crippen molar-refractivity contribution in [2.75, 3.05) is 21.3 Å². The molecule has 0 heterocycles. The Morgan fingerprint density at radius 2 is 1.74 bits per heavy atom. The van der Waals surface area contributed by atoms with Crippen LogP contribution in [0.1, 0.15) is 30.0 Å². The highest BCUT2D eigenvalue weighted by Crippen LogP contribution is 2.28. The van der Waals surface area contributed by atoms with Crippen LogP contribution >= 0.6 is 0 Å². The SMILES string of the molecule is CC[C@@H](Oc1cccc(C)c1C)C(=O)N(C)Cc1ccc(OC)c(OC)c1. The second kappa shape index (κ2) is 9.31. The molecule has 0 N–H and O–H groups in total. The lowest BCUT2D eigenvalue weighted by atomic mass is 10.1. The minimum atomic E-state index is -0.518. The standard InChI is InChI=1S/C22H29NO4/c1-7-18(27-19-10-8-9-15(2)16(19)3)22(24)23(4)14-17-11-12-20(25-5)21(13-17)26-6/h8-13,18H,7,14H2,1-6H3/t18-/m1/s1. The molecule has 2 aromatic rings. The van der Waals surface area contributed by atoms with E-state index >= 15 is 0 Å². The number of carbonyl (C=O) groups excluding carboxylic acids is 1. The summed E-state index contributed by atoms with van der Waals surface area (Å²) in [7, 11) is 4.99. The Hall–Kier alpha value is -2.69. The van der Waals surface area contributed by atoms with E-state index in [1.54, 1.807) is 26.2 Å². The van der Waals surface area contributed by atoms with Gasteiger partial charge in [0.1, 0.15) is 5.75 Å². The molecule has 0 spiro atoms. The van der Waals surface area contributed by atoms with Crippen molar-refractivity contribution in [1.82, 2.24) is 4.90 Å². The Labute approximate surface area is 161 Å². The molecular weight excluding hydrogens is 342 g/mol. The lowest BCUT2D eigenvalue weighted by Crippen LogP contribution is -2.39. The summed E-state index contributed by atoms with van der Waals surface area (Å²) < 4.78 is 16.6. The lowest BCUT2D eigenvalue weighted by molar-refractivity contribution is -0.138. The average molecular weight is 371 g/mol. The number of hydrogen-bond acceptors (Lipinski definition) is 4. The molecule has 5 heteroatoms. The van der Waals surface area contributed by atoms with Crippen LogP contribution < -0.4 is 14.2 Å². The van der Waals surface area contributed by atoms with Gasteiger partial charge in [0.15, 0.2) is 17.6 Å². The van der Waals surface area contributed by atoms with Gasteiger partial charge in [0, 0.05) is 13.6 Å². The van der Waals surface area contributed by atoms with Gasteiger partial charge in [-0.3, -0.25) is 4.79 Å². The first kappa shape index (κ1) is 20.6. The van der Waals surface area contributed by atoms with E-state index in [2.05, 4.69) is 0 Å². The fraction of sp³-hybridized carbons (Fsp3) is 0.409. The molecule has 0 saturated carbocycles. The number of hydrogen-bond donors (Lipinski definition) is 0. The number of carbonyl (C=O) groups is 1. The highest BCUT2D eigenvalue weighted by Gasteiger charge is 2.23. The smallest absolute Gasteiger partial charge is 0.263 e. The predicted octanol–water partition coefficient (Wildman–Crippen LogP) is 4.14. The van der Waals surface area contributed by atoms with Crippen molar-refractivity contribution >= 4 is 5.91 Å². The summed E-state index contributed by atoms with van der Waals surface area (Å²) in [6.07, 6.45) is 0.0818. The molecule has 1 amide bonds. The summed E-state index contributed by atoms with van der Waals surface area (Å²) in [6.45, 7) is 6.47. The van der Waals surface area contributed by atoms with Gasteiger partial charge in [0.05, 0.1) is 14.2 Å². The number of amides is 1. The van der Waals surface area contributed by atoms with E-state index in [4.69, 9.17) is 14.2 Å². The van der Waals surface area contributed by atoms with Gasteiger partial charge in [-0.15, -0.1) is 0 Å². The summed E-state index contributed by atoms with van der Waals surface area (Å²) in [6, 6.07) is 11.5. The summed E-state index contributed by atoms with van der Waals surface area (Å²) >= 11 is 0. The lowest BCUT2D eigenvalue weighted by Gasteiger charge is -2.25. The summed E-state index contributed by atoms with van der Waals surface area (Å²) in [4.78, 5) is 14.6. The van der Waals surface area contributed by atoms with Crippen molar-refractivity contribution in [3.05, 3.63) is 53.1 Å². The van der Waals surface area contributed by atoms with E-state index in [1.165, 1.54) is 0 Å². The van der Waals surface area contributed by atoms with Crippen LogP contribution in [-0.2, 0) is 11.3 Å². The minimum Gasteiger partial charge on any atom is -0.493 e. The maximum absolute atomic E-state index is 12.9. The average Bonchev–Trinajstić information content (AvgIpc) is 2.68. The third-order valence-electron chi connectivity index (χ3n) is 4.71. The van der Waals surface area contributed by atoms with Crippen LogP contribution in [0.4, 0.5) is 0 Å². The van der Waals surface area contributed by atoms with E-state index in [0.717, 1.165) is 22.4 Å². The third kappa shape index (κ3) is 4.94. The fourth-order valence-corrected chi connectivity index (χ4v) is 2.89. The van der Waals surface area contributed by atoms with E-state index in [9.17, 15) is 4.79 Å². The highest BCUT2D eigenvalue weighted by atomic mass is 16.5. The number of benzene rings is 2. The van der Waals surface area contributed by atoms with Crippen LogP contribution in [0, 0.1) is 13.8 Å². The Morgan fingerprint density at radius 3 is 2.37 bits per heavy atom. The minimum absolute atomic E-state index is 0.0480. The second-order valence-electron chi connectivity index (χ2n) is 6.60. The maximum Gasteiger partial charge on any atom is 0.263 e. The Kier molecular flexibility index (Phi) is 7.11. The third-order valence-corrected chi connectivity index (χ3v) is 4.71. The zero-order chi connectivity index (χ0) is 20.0. The van der Waals surface area contributed by atoms with Gasteiger partial charge in [-0.05, 0) is 55.2 Å². The van der Waals surface area contributed by atoms with Gasteiger partial charge in [0.2, 0.25) is 0 Å². The van der Waals surface area contributed by atoms with Crippen molar-refractivity contribution in [3.63, 3.8) is 0 Å². The van der Waals surface area contributed by atoms with Crippen molar-refractivity contribution in [3.8, 4) is 17.2 Å². The van der Waals surface area contributed by atoms with E-state index in [-0.39, 0.29) is 5.91 Å². The molecule has 0 aliphatic heterocycles. The predicted molar refractivity (Wildman–Crippen MR) is 107 cm³/mol. The molecule has 0 aliphatic rings.